The number of carbonyl (C=O) groups is 2. The van der Waals surface area contributed by atoms with Crippen LogP contribution in [0.1, 0.15) is 56.3 Å². The standard InChI is InChI=1S/C20H31N5O2/c1-15-14-16(2)22-20(21-15)25-12-10-24(11-13-25)19(27)9-8-18(26)23-17-6-4-3-5-7-17/h14,17H,3-13H2,1-2H3,(H,23,26). The monoisotopic (exact) mass is 373 g/mol. The Labute approximate surface area is 161 Å². The maximum absolute atomic E-state index is 12.4. The van der Waals surface area contributed by atoms with Gasteiger partial charge in [0.15, 0.2) is 0 Å². The number of amides is 2. The number of piperazine rings is 1. The van der Waals surface area contributed by atoms with E-state index >= 15 is 0 Å². The lowest BCUT2D eigenvalue weighted by Gasteiger charge is -2.35. The Bertz CT molecular complexity index is 644. The van der Waals surface area contributed by atoms with Crippen molar-refractivity contribution in [3.05, 3.63) is 17.5 Å². The molecule has 148 valence electrons. The first-order valence-electron chi connectivity index (χ1n) is 10.2. The number of rotatable bonds is 5. The molecule has 0 spiro atoms. The third kappa shape index (κ3) is 5.65. The SMILES string of the molecule is Cc1cc(C)nc(N2CCN(C(=O)CCC(=O)NC3CCCCC3)CC2)n1. The molecule has 0 aromatic carbocycles. The van der Waals surface area contributed by atoms with E-state index in [2.05, 4.69) is 20.2 Å². The minimum absolute atomic E-state index is 0.0116. The molecular formula is C20H31N5O2. The molecule has 1 saturated carbocycles. The fraction of sp³-hybridized carbons (Fsp3) is 0.700. The summed E-state index contributed by atoms with van der Waals surface area (Å²) in [5.74, 6) is 0.818. The van der Waals surface area contributed by atoms with Crippen LogP contribution in [-0.4, -0.2) is 58.9 Å². The van der Waals surface area contributed by atoms with Crippen molar-refractivity contribution in [1.29, 1.82) is 0 Å². The van der Waals surface area contributed by atoms with E-state index in [4.69, 9.17) is 0 Å². The lowest BCUT2D eigenvalue weighted by molar-refractivity contribution is -0.134. The van der Waals surface area contributed by atoms with E-state index in [0.717, 1.165) is 43.3 Å². The fourth-order valence-electron chi connectivity index (χ4n) is 3.93. The molecule has 2 amide bonds. The molecule has 0 bridgehead atoms. The van der Waals surface area contributed by atoms with Crippen LogP contribution in [0.5, 0.6) is 0 Å². The van der Waals surface area contributed by atoms with Gasteiger partial charge in [-0.2, -0.15) is 0 Å². The van der Waals surface area contributed by atoms with Gasteiger partial charge in [-0.3, -0.25) is 9.59 Å². The molecule has 2 fully saturated rings. The van der Waals surface area contributed by atoms with Crippen molar-refractivity contribution in [3.63, 3.8) is 0 Å². The Kier molecular flexibility index (Phi) is 6.63. The van der Waals surface area contributed by atoms with Gasteiger partial charge in [0, 0.05) is 56.5 Å². The zero-order chi connectivity index (χ0) is 19.2. The van der Waals surface area contributed by atoms with E-state index in [9.17, 15) is 9.59 Å². The molecule has 2 aliphatic rings. The fourth-order valence-corrected chi connectivity index (χ4v) is 3.93. The van der Waals surface area contributed by atoms with E-state index in [1.54, 1.807) is 0 Å². The van der Waals surface area contributed by atoms with Crippen LogP contribution in [0.4, 0.5) is 5.95 Å². The highest BCUT2D eigenvalue weighted by Crippen LogP contribution is 2.18. The third-order valence-electron chi connectivity index (χ3n) is 5.42. The van der Waals surface area contributed by atoms with Crippen molar-refractivity contribution >= 4 is 17.8 Å². The van der Waals surface area contributed by atoms with E-state index < -0.39 is 0 Å². The normalized spacial score (nSPS) is 18.4. The number of hydrogen-bond donors (Lipinski definition) is 1. The molecule has 1 aromatic heterocycles. The van der Waals surface area contributed by atoms with Crippen LogP contribution in [0, 0.1) is 13.8 Å². The quantitative estimate of drug-likeness (QED) is 0.854. The Morgan fingerprint density at radius 2 is 1.63 bits per heavy atom. The molecule has 2 heterocycles. The van der Waals surface area contributed by atoms with Gasteiger partial charge in [-0.1, -0.05) is 19.3 Å². The molecule has 7 heteroatoms. The first-order valence-corrected chi connectivity index (χ1v) is 10.2. The summed E-state index contributed by atoms with van der Waals surface area (Å²) in [5.41, 5.74) is 1.92. The summed E-state index contributed by atoms with van der Waals surface area (Å²) in [7, 11) is 0. The minimum atomic E-state index is 0.0116. The minimum Gasteiger partial charge on any atom is -0.353 e. The van der Waals surface area contributed by atoms with Crippen LogP contribution in [-0.2, 0) is 9.59 Å². The Hall–Kier alpha value is -2.18. The highest BCUT2D eigenvalue weighted by molar-refractivity contribution is 5.84. The van der Waals surface area contributed by atoms with Crippen molar-refractivity contribution in [1.82, 2.24) is 20.2 Å². The number of aromatic nitrogens is 2. The number of nitrogens with one attached hydrogen (secondary N) is 1. The van der Waals surface area contributed by atoms with Gasteiger partial charge < -0.3 is 15.1 Å². The van der Waals surface area contributed by atoms with Crippen molar-refractivity contribution < 1.29 is 9.59 Å². The van der Waals surface area contributed by atoms with Crippen LogP contribution in [0.2, 0.25) is 0 Å². The van der Waals surface area contributed by atoms with Crippen LogP contribution < -0.4 is 10.2 Å². The van der Waals surface area contributed by atoms with Crippen molar-refractivity contribution in [2.45, 2.75) is 64.8 Å². The average Bonchev–Trinajstić information content (AvgIpc) is 2.66. The molecule has 0 atom stereocenters. The van der Waals surface area contributed by atoms with Gasteiger partial charge in [0.25, 0.3) is 0 Å². The van der Waals surface area contributed by atoms with Gasteiger partial charge in [0.05, 0.1) is 0 Å². The van der Waals surface area contributed by atoms with Crippen LogP contribution >= 0.6 is 0 Å². The van der Waals surface area contributed by atoms with Gasteiger partial charge in [0.2, 0.25) is 17.8 Å². The predicted octanol–water partition coefficient (Wildman–Crippen LogP) is 1.97. The summed E-state index contributed by atoms with van der Waals surface area (Å²) < 4.78 is 0. The second-order valence-corrected chi connectivity index (χ2v) is 7.72. The topological polar surface area (TPSA) is 78.4 Å². The lowest BCUT2D eigenvalue weighted by Crippen LogP contribution is -2.49. The molecule has 1 aliphatic heterocycles. The number of carbonyl (C=O) groups excluding carboxylic acids is 2. The zero-order valence-electron chi connectivity index (χ0n) is 16.5. The largest absolute Gasteiger partial charge is 0.353 e. The molecule has 27 heavy (non-hydrogen) atoms. The van der Waals surface area contributed by atoms with Gasteiger partial charge in [0.1, 0.15) is 0 Å². The third-order valence-corrected chi connectivity index (χ3v) is 5.42. The number of aryl methyl sites for hydroxylation is 2. The van der Waals surface area contributed by atoms with Crippen molar-refractivity contribution in [3.8, 4) is 0 Å². The Balaban J connectivity index is 1.41. The molecule has 0 unspecified atom stereocenters. The summed E-state index contributed by atoms with van der Waals surface area (Å²) in [4.78, 5) is 37.5. The molecule has 0 radical (unpaired) electrons. The molecule has 1 aliphatic carbocycles. The van der Waals surface area contributed by atoms with Gasteiger partial charge in [-0.05, 0) is 32.8 Å². The van der Waals surface area contributed by atoms with Crippen molar-refractivity contribution in [2.24, 2.45) is 0 Å². The summed E-state index contributed by atoms with van der Waals surface area (Å²) in [6.45, 7) is 6.69. The van der Waals surface area contributed by atoms with Gasteiger partial charge in [-0.15, -0.1) is 0 Å². The Morgan fingerprint density at radius 1 is 1.00 bits per heavy atom. The molecule has 7 nitrogen and oxygen atoms in total. The number of hydrogen-bond acceptors (Lipinski definition) is 5. The van der Waals surface area contributed by atoms with E-state index in [0.29, 0.717) is 25.6 Å². The lowest BCUT2D eigenvalue weighted by atomic mass is 9.95. The summed E-state index contributed by atoms with van der Waals surface area (Å²) in [6.07, 6.45) is 6.37. The summed E-state index contributed by atoms with van der Waals surface area (Å²) >= 11 is 0. The summed E-state index contributed by atoms with van der Waals surface area (Å²) in [5, 5.41) is 3.08. The van der Waals surface area contributed by atoms with Crippen LogP contribution in [0.3, 0.4) is 0 Å². The van der Waals surface area contributed by atoms with Crippen LogP contribution in [0.25, 0.3) is 0 Å². The zero-order valence-corrected chi connectivity index (χ0v) is 16.5. The first kappa shape index (κ1) is 19.6. The Morgan fingerprint density at radius 3 is 2.26 bits per heavy atom. The van der Waals surface area contributed by atoms with E-state index in [1.807, 2.05) is 24.8 Å². The van der Waals surface area contributed by atoms with E-state index in [-0.39, 0.29) is 18.2 Å². The maximum atomic E-state index is 12.4. The maximum Gasteiger partial charge on any atom is 0.225 e. The second kappa shape index (κ2) is 9.15. The molecular weight excluding hydrogens is 342 g/mol. The highest BCUT2D eigenvalue weighted by atomic mass is 16.2. The number of nitrogens with zero attached hydrogens (tertiary/aromatic N) is 4. The second-order valence-electron chi connectivity index (χ2n) is 7.72. The highest BCUT2D eigenvalue weighted by Gasteiger charge is 2.23. The average molecular weight is 374 g/mol. The van der Waals surface area contributed by atoms with Gasteiger partial charge >= 0.3 is 0 Å². The summed E-state index contributed by atoms with van der Waals surface area (Å²) in [6, 6.07) is 2.27. The predicted molar refractivity (Wildman–Crippen MR) is 105 cm³/mol. The number of anilines is 1. The molecule has 1 saturated heterocycles. The molecule has 1 aromatic rings. The molecule has 3 rings (SSSR count). The van der Waals surface area contributed by atoms with E-state index in [1.165, 1.54) is 19.3 Å². The first-order chi connectivity index (χ1) is 13.0. The van der Waals surface area contributed by atoms with Crippen LogP contribution in [0.15, 0.2) is 6.07 Å². The smallest absolute Gasteiger partial charge is 0.225 e. The van der Waals surface area contributed by atoms with Crippen molar-refractivity contribution in [2.75, 3.05) is 31.1 Å². The molecule has 1 N–H and O–H groups in total. The van der Waals surface area contributed by atoms with Gasteiger partial charge in [-0.25, -0.2) is 9.97 Å².